The van der Waals surface area contributed by atoms with Gasteiger partial charge in [0.1, 0.15) is 5.69 Å². The second kappa shape index (κ2) is 4.90. The molecule has 0 amide bonds. The lowest BCUT2D eigenvalue weighted by Crippen LogP contribution is -1.94. The molecule has 1 aromatic heterocycles. The number of hydrogen-bond acceptors (Lipinski definition) is 2. The van der Waals surface area contributed by atoms with Crippen LogP contribution in [0.15, 0.2) is 65.3 Å². The first-order chi connectivity index (χ1) is 9.24. The molecule has 0 saturated heterocycles. The highest BCUT2D eigenvalue weighted by atomic mass is 79.9. The number of aromatic nitrogens is 2. The SMILES string of the molecule is Nc1cn(-c2cccc(Br)c2)nc1-c1ccccc1. The van der Waals surface area contributed by atoms with E-state index in [9.17, 15) is 0 Å². The van der Waals surface area contributed by atoms with Gasteiger partial charge < -0.3 is 5.73 Å². The summed E-state index contributed by atoms with van der Waals surface area (Å²) >= 11 is 3.46. The Labute approximate surface area is 119 Å². The molecular weight excluding hydrogens is 302 g/mol. The number of hydrogen-bond donors (Lipinski definition) is 1. The summed E-state index contributed by atoms with van der Waals surface area (Å²) in [5, 5.41) is 4.56. The maximum atomic E-state index is 6.05. The monoisotopic (exact) mass is 313 g/mol. The molecule has 0 fully saturated rings. The second-order valence-corrected chi connectivity index (χ2v) is 5.14. The highest BCUT2D eigenvalue weighted by Gasteiger charge is 2.09. The van der Waals surface area contributed by atoms with Crippen molar-refractivity contribution in [2.75, 3.05) is 5.73 Å². The summed E-state index contributed by atoms with van der Waals surface area (Å²) in [5.41, 5.74) is 9.53. The number of nitrogens with two attached hydrogens (primary N) is 1. The molecule has 3 nitrogen and oxygen atoms in total. The number of nitrogen functional groups attached to an aromatic ring is 1. The lowest BCUT2D eigenvalue weighted by molar-refractivity contribution is 0.884. The summed E-state index contributed by atoms with van der Waals surface area (Å²) in [6.07, 6.45) is 1.84. The van der Waals surface area contributed by atoms with Crippen LogP contribution >= 0.6 is 15.9 Å². The van der Waals surface area contributed by atoms with Crippen molar-refractivity contribution < 1.29 is 0 Å². The van der Waals surface area contributed by atoms with Gasteiger partial charge in [-0.15, -0.1) is 0 Å². The average molecular weight is 314 g/mol. The molecule has 2 aromatic carbocycles. The maximum absolute atomic E-state index is 6.05. The van der Waals surface area contributed by atoms with Crippen LogP contribution in [-0.4, -0.2) is 9.78 Å². The van der Waals surface area contributed by atoms with Gasteiger partial charge in [-0.3, -0.25) is 0 Å². The smallest absolute Gasteiger partial charge is 0.116 e. The van der Waals surface area contributed by atoms with E-state index in [1.807, 2.05) is 60.8 Å². The number of halogens is 1. The van der Waals surface area contributed by atoms with E-state index < -0.39 is 0 Å². The van der Waals surface area contributed by atoms with Crippen molar-refractivity contribution in [3.8, 4) is 16.9 Å². The fraction of sp³-hybridized carbons (Fsp3) is 0. The van der Waals surface area contributed by atoms with E-state index in [0.717, 1.165) is 21.4 Å². The minimum Gasteiger partial charge on any atom is -0.396 e. The van der Waals surface area contributed by atoms with Crippen molar-refractivity contribution in [3.05, 3.63) is 65.3 Å². The minimum atomic E-state index is 0.672. The predicted octanol–water partition coefficient (Wildman–Crippen LogP) is 3.88. The van der Waals surface area contributed by atoms with E-state index in [0.29, 0.717) is 5.69 Å². The molecule has 0 aliphatic heterocycles. The first kappa shape index (κ1) is 12.0. The Hall–Kier alpha value is -2.07. The van der Waals surface area contributed by atoms with Crippen LogP contribution in [0.2, 0.25) is 0 Å². The second-order valence-electron chi connectivity index (χ2n) is 4.22. The van der Waals surface area contributed by atoms with Gasteiger partial charge in [0.15, 0.2) is 0 Å². The van der Waals surface area contributed by atoms with E-state index >= 15 is 0 Å². The van der Waals surface area contributed by atoms with Crippen LogP contribution in [-0.2, 0) is 0 Å². The van der Waals surface area contributed by atoms with Crippen LogP contribution in [0.1, 0.15) is 0 Å². The van der Waals surface area contributed by atoms with Crippen molar-refractivity contribution in [2.45, 2.75) is 0 Å². The fourth-order valence-corrected chi connectivity index (χ4v) is 2.35. The van der Waals surface area contributed by atoms with Crippen LogP contribution in [0.5, 0.6) is 0 Å². The van der Waals surface area contributed by atoms with Crippen LogP contribution < -0.4 is 5.73 Å². The Morgan fingerprint density at radius 2 is 1.79 bits per heavy atom. The third-order valence-electron chi connectivity index (χ3n) is 2.86. The molecule has 0 spiro atoms. The van der Waals surface area contributed by atoms with Gasteiger partial charge in [-0.25, -0.2) is 4.68 Å². The summed E-state index contributed by atoms with van der Waals surface area (Å²) in [4.78, 5) is 0. The van der Waals surface area contributed by atoms with E-state index in [2.05, 4.69) is 21.0 Å². The highest BCUT2D eigenvalue weighted by Crippen LogP contribution is 2.25. The fourth-order valence-electron chi connectivity index (χ4n) is 1.96. The Balaban J connectivity index is 2.07. The molecule has 0 bridgehead atoms. The number of benzene rings is 2. The molecule has 2 N–H and O–H groups in total. The highest BCUT2D eigenvalue weighted by molar-refractivity contribution is 9.10. The van der Waals surface area contributed by atoms with Gasteiger partial charge in [0.25, 0.3) is 0 Å². The number of anilines is 1. The summed E-state index contributed by atoms with van der Waals surface area (Å²) in [7, 11) is 0. The lowest BCUT2D eigenvalue weighted by atomic mass is 10.1. The molecule has 3 rings (SSSR count). The van der Waals surface area contributed by atoms with Crippen molar-refractivity contribution in [3.63, 3.8) is 0 Å². The zero-order valence-electron chi connectivity index (χ0n) is 10.1. The minimum absolute atomic E-state index is 0.672. The van der Waals surface area contributed by atoms with E-state index in [4.69, 9.17) is 5.73 Å². The molecule has 1 heterocycles. The maximum Gasteiger partial charge on any atom is 0.116 e. The first-order valence-electron chi connectivity index (χ1n) is 5.90. The molecule has 0 radical (unpaired) electrons. The normalized spacial score (nSPS) is 10.6. The van der Waals surface area contributed by atoms with Crippen LogP contribution in [0.4, 0.5) is 5.69 Å². The summed E-state index contributed by atoms with van der Waals surface area (Å²) in [6.45, 7) is 0. The molecule has 0 atom stereocenters. The summed E-state index contributed by atoms with van der Waals surface area (Å²) < 4.78 is 2.81. The molecule has 94 valence electrons. The summed E-state index contributed by atoms with van der Waals surface area (Å²) in [6, 6.07) is 17.9. The largest absolute Gasteiger partial charge is 0.396 e. The first-order valence-corrected chi connectivity index (χ1v) is 6.70. The van der Waals surface area contributed by atoms with Crippen molar-refractivity contribution >= 4 is 21.6 Å². The quantitative estimate of drug-likeness (QED) is 0.780. The zero-order valence-corrected chi connectivity index (χ0v) is 11.7. The van der Waals surface area contributed by atoms with Gasteiger partial charge in [-0.05, 0) is 18.2 Å². The van der Waals surface area contributed by atoms with Crippen LogP contribution in [0, 0.1) is 0 Å². The summed E-state index contributed by atoms with van der Waals surface area (Å²) in [5.74, 6) is 0. The van der Waals surface area contributed by atoms with Gasteiger partial charge in [0.2, 0.25) is 0 Å². The Morgan fingerprint density at radius 3 is 2.53 bits per heavy atom. The lowest BCUT2D eigenvalue weighted by Gasteiger charge is -2.01. The van der Waals surface area contributed by atoms with E-state index in [1.54, 1.807) is 4.68 Å². The topological polar surface area (TPSA) is 43.8 Å². The zero-order chi connectivity index (χ0) is 13.2. The Kier molecular flexibility index (Phi) is 3.09. The van der Waals surface area contributed by atoms with Crippen molar-refractivity contribution in [1.29, 1.82) is 0 Å². The molecule has 19 heavy (non-hydrogen) atoms. The Morgan fingerprint density at radius 1 is 1.00 bits per heavy atom. The van der Waals surface area contributed by atoms with Gasteiger partial charge >= 0.3 is 0 Å². The van der Waals surface area contributed by atoms with Gasteiger partial charge in [-0.1, -0.05) is 52.3 Å². The molecule has 0 saturated carbocycles. The molecular formula is C15H12BrN3. The molecule has 3 aromatic rings. The standard InChI is InChI=1S/C15H12BrN3/c16-12-7-4-8-13(9-12)19-10-14(17)15(18-19)11-5-2-1-3-6-11/h1-10H,17H2. The van der Waals surface area contributed by atoms with E-state index in [-0.39, 0.29) is 0 Å². The average Bonchev–Trinajstić information content (AvgIpc) is 2.82. The predicted molar refractivity (Wildman–Crippen MR) is 81.1 cm³/mol. The van der Waals surface area contributed by atoms with Gasteiger partial charge in [0.05, 0.1) is 17.6 Å². The third-order valence-corrected chi connectivity index (χ3v) is 3.36. The Bertz CT molecular complexity index is 704. The molecule has 0 unspecified atom stereocenters. The third kappa shape index (κ3) is 2.39. The van der Waals surface area contributed by atoms with Gasteiger partial charge in [0, 0.05) is 10.0 Å². The van der Waals surface area contributed by atoms with Crippen molar-refractivity contribution in [1.82, 2.24) is 9.78 Å². The van der Waals surface area contributed by atoms with Gasteiger partial charge in [-0.2, -0.15) is 5.10 Å². The number of nitrogens with zero attached hydrogens (tertiary/aromatic N) is 2. The van der Waals surface area contributed by atoms with Crippen molar-refractivity contribution in [2.24, 2.45) is 0 Å². The van der Waals surface area contributed by atoms with Crippen LogP contribution in [0.25, 0.3) is 16.9 Å². The van der Waals surface area contributed by atoms with Crippen LogP contribution in [0.3, 0.4) is 0 Å². The molecule has 0 aliphatic rings. The molecule has 0 aliphatic carbocycles. The molecule has 4 heteroatoms. The van der Waals surface area contributed by atoms with E-state index in [1.165, 1.54) is 0 Å². The number of rotatable bonds is 2.